The number of benzene rings is 1. The van der Waals surface area contributed by atoms with E-state index in [-0.39, 0.29) is 5.56 Å². The predicted molar refractivity (Wildman–Crippen MR) is 136 cm³/mol. The fourth-order valence-corrected chi connectivity index (χ4v) is 5.60. The van der Waals surface area contributed by atoms with Gasteiger partial charge in [0.15, 0.2) is 0 Å². The number of anilines is 1. The molecule has 1 fully saturated rings. The van der Waals surface area contributed by atoms with E-state index in [1.807, 2.05) is 6.92 Å². The molecule has 2 aromatic rings. The number of amides is 1. The maximum atomic E-state index is 13.4. The monoisotopic (exact) mass is 493 g/mol. The van der Waals surface area contributed by atoms with Crippen molar-refractivity contribution in [2.45, 2.75) is 63.2 Å². The van der Waals surface area contributed by atoms with Gasteiger partial charge in [-0.05, 0) is 54.4 Å². The van der Waals surface area contributed by atoms with Crippen LogP contribution in [0.2, 0.25) is 0 Å². The number of halogens is 1. The Morgan fingerprint density at radius 2 is 1.83 bits per heavy atom. The number of hydrogen-bond acceptors (Lipinski definition) is 6. The number of nitrogens with two attached hydrogens (primary N) is 1. The summed E-state index contributed by atoms with van der Waals surface area (Å²) in [5.74, 6) is 0.889. The van der Waals surface area contributed by atoms with Crippen LogP contribution in [0.15, 0.2) is 29.3 Å². The molecule has 2 heterocycles. The van der Waals surface area contributed by atoms with Gasteiger partial charge in [-0.1, -0.05) is 57.5 Å². The highest BCUT2D eigenvalue weighted by Gasteiger charge is 2.29. The van der Waals surface area contributed by atoms with E-state index in [2.05, 4.69) is 30.9 Å². The summed E-state index contributed by atoms with van der Waals surface area (Å²) >= 11 is 1.08. The molecule has 0 aliphatic carbocycles. The largest absolute Gasteiger partial charge is 0.368 e. The Balaban J connectivity index is 1.97. The van der Waals surface area contributed by atoms with Gasteiger partial charge in [-0.25, -0.2) is 9.37 Å². The van der Waals surface area contributed by atoms with Crippen LogP contribution in [0.3, 0.4) is 0 Å². The van der Waals surface area contributed by atoms with Crippen molar-refractivity contribution in [3.05, 3.63) is 52.3 Å². The summed E-state index contributed by atoms with van der Waals surface area (Å²) < 4.78 is 13.4. The number of carbonyl (C=O) groups excluding carboxylic acids is 1. The summed E-state index contributed by atoms with van der Waals surface area (Å²) in [4.78, 5) is 19.2. The van der Waals surface area contributed by atoms with Crippen LogP contribution in [0, 0.1) is 40.3 Å². The molecule has 8 heteroatoms. The van der Waals surface area contributed by atoms with Crippen LogP contribution in [0.4, 0.5) is 10.2 Å². The van der Waals surface area contributed by atoms with E-state index >= 15 is 0 Å². The van der Waals surface area contributed by atoms with Crippen molar-refractivity contribution >= 4 is 23.5 Å². The molecule has 0 bridgehead atoms. The fourth-order valence-electron chi connectivity index (χ4n) is 4.54. The number of nitriles is 2. The Labute approximate surface area is 211 Å². The minimum absolute atomic E-state index is 0.290. The van der Waals surface area contributed by atoms with Crippen molar-refractivity contribution in [1.29, 1.82) is 10.5 Å². The molecule has 2 N–H and O–H groups in total. The van der Waals surface area contributed by atoms with E-state index in [1.165, 1.54) is 37.1 Å². The maximum absolute atomic E-state index is 13.4. The second-order valence-corrected chi connectivity index (χ2v) is 10.5. The number of nitrogens with zero attached hydrogens (tertiary/aromatic N) is 4. The van der Waals surface area contributed by atoms with Crippen LogP contribution in [0.25, 0.3) is 0 Å². The van der Waals surface area contributed by atoms with E-state index in [1.54, 1.807) is 0 Å². The van der Waals surface area contributed by atoms with Crippen LogP contribution in [-0.4, -0.2) is 24.0 Å². The molecule has 1 unspecified atom stereocenters. The molecule has 6 nitrogen and oxygen atoms in total. The van der Waals surface area contributed by atoms with Gasteiger partial charge in [0.2, 0.25) is 5.91 Å². The zero-order valence-corrected chi connectivity index (χ0v) is 21.4. The normalized spacial score (nSPS) is 15.0. The van der Waals surface area contributed by atoms with Gasteiger partial charge in [-0.2, -0.15) is 10.5 Å². The lowest BCUT2D eigenvalue weighted by Crippen LogP contribution is -2.35. The average molecular weight is 494 g/mol. The first-order valence-electron chi connectivity index (χ1n) is 12.1. The van der Waals surface area contributed by atoms with E-state index in [4.69, 9.17) is 10.7 Å². The van der Waals surface area contributed by atoms with Crippen molar-refractivity contribution in [1.82, 2.24) is 4.98 Å². The predicted octanol–water partition coefficient (Wildman–Crippen LogP) is 5.50. The van der Waals surface area contributed by atoms with E-state index in [9.17, 15) is 19.7 Å². The summed E-state index contributed by atoms with van der Waals surface area (Å²) in [6.45, 7) is 7.97. The van der Waals surface area contributed by atoms with E-state index in [0.717, 1.165) is 37.7 Å². The van der Waals surface area contributed by atoms with Gasteiger partial charge in [0, 0.05) is 13.1 Å². The number of primary amides is 1. The number of aromatic nitrogens is 1. The molecule has 1 saturated heterocycles. The van der Waals surface area contributed by atoms with Gasteiger partial charge in [0.05, 0.1) is 11.1 Å². The van der Waals surface area contributed by atoms with Gasteiger partial charge in [-0.3, -0.25) is 4.79 Å². The molecule has 1 aromatic heterocycles. The Morgan fingerprint density at radius 1 is 1.20 bits per heavy atom. The molecule has 1 atom stereocenters. The summed E-state index contributed by atoms with van der Waals surface area (Å²) in [5, 5.41) is 19.5. The maximum Gasteiger partial charge on any atom is 0.235 e. The lowest BCUT2D eigenvalue weighted by atomic mass is 9.89. The summed E-state index contributed by atoms with van der Waals surface area (Å²) in [6, 6.07) is 10.0. The highest BCUT2D eigenvalue weighted by Crippen LogP contribution is 2.40. The summed E-state index contributed by atoms with van der Waals surface area (Å²) in [7, 11) is 0. The molecule has 1 amide bonds. The first kappa shape index (κ1) is 26.5. The molecule has 1 aromatic carbocycles. The van der Waals surface area contributed by atoms with Crippen LogP contribution in [-0.2, 0) is 11.2 Å². The van der Waals surface area contributed by atoms with Crippen LogP contribution < -0.4 is 10.6 Å². The van der Waals surface area contributed by atoms with Gasteiger partial charge in [0.25, 0.3) is 0 Å². The quantitative estimate of drug-likeness (QED) is 0.462. The Hall–Kier alpha value is -3.10. The minimum Gasteiger partial charge on any atom is -0.368 e. The van der Waals surface area contributed by atoms with Crippen molar-refractivity contribution in [2.24, 2.45) is 17.6 Å². The van der Waals surface area contributed by atoms with Crippen molar-refractivity contribution in [3.8, 4) is 12.1 Å². The standard InChI is InChI=1S/C27H32FN5OS/c1-4-21-22(15-29)26(33-13-11-18(12-14-33)6-5-17(2)3)32-27(23(21)16-30)35-24(25(31)34)19-7-9-20(28)10-8-19/h7-10,17-18,24H,4-6,11-14H2,1-3H3,(H2,31,34). The number of carbonyl (C=O) groups is 1. The van der Waals surface area contributed by atoms with Crippen LogP contribution >= 0.6 is 11.8 Å². The molecular formula is C27H32FN5OS. The number of hydrogen-bond donors (Lipinski definition) is 1. The topological polar surface area (TPSA) is 107 Å². The smallest absolute Gasteiger partial charge is 0.235 e. The zero-order chi connectivity index (χ0) is 25.5. The molecular weight excluding hydrogens is 461 g/mol. The second-order valence-electron chi connectivity index (χ2n) is 9.40. The lowest BCUT2D eigenvalue weighted by Gasteiger charge is -2.34. The number of thioether (sulfide) groups is 1. The Kier molecular flexibility index (Phi) is 9.12. The Bertz CT molecular complexity index is 1130. The van der Waals surface area contributed by atoms with Gasteiger partial charge in [-0.15, -0.1) is 0 Å². The van der Waals surface area contributed by atoms with Crippen LogP contribution in [0.5, 0.6) is 0 Å². The Morgan fingerprint density at radius 3 is 2.34 bits per heavy atom. The lowest BCUT2D eigenvalue weighted by molar-refractivity contribution is -0.117. The third-order valence-electron chi connectivity index (χ3n) is 6.55. The average Bonchev–Trinajstić information content (AvgIpc) is 2.85. The molecule has 1 aliphatic rings. The molecule has 184 valence electrons. The second kappa shape index (κ2) is 12.0. The summed E-state index contributed by atoms with van der Waals surface area (Å²) in [5.41, 5.74) is 7.57. The van der Waals surface area contributed by atoms with Crippen molar-refractivity contribution < 1.29 is 9.18 Å². The van der Waals surface area contributed by atoms with E-state index in [0.29, 0.717) is 45.8 Å². The number of pyridine rings is 1. The fraction of sp³-hybridized carbons (Fsp3) is 0.481. The summed E-state index contributed by atoms with van der Waals surface area (Å²) in [6.07, 6.45) is 4.96. The molecule has 3 rings (SSSR count). The number of rotatable bonds is 9. The highest BCUT2D eigenvalue weighted by molar-refractivity contribution is 8.00. The molecule has 0 radical (unpaired) electrons. The zero-order valence-electron chi connectivity index (χ0n) is 20.6. The van der Waals surface area contributed by atoms with Gasteiger partial charge < -0.3 is 10.6 Å². The minimum atomic E-state index is -0.845. The van der Waals surface area contributed by atoms with Crippen LogP contribution in [0.1, 0.15) is 74.0 Å². The van der Waals surface area contributed by atoms with Gasteiger partial charge in [0.1, 0.15) is 34.0 Å². The van der Waals surface area contributed by atoms with E-state index < -0.39 is 17.0 Å². The highest BCUT2D eigenvalue weighted by atomic mass is 32.2. The molecule has 0 spiro atoms. The SMILES string of the molecule is CCc1c(C#N)c(SC(C(N)=O)c2ccc(F)cc2)nc(N2CCC(CCC(C)C)CC2)c1C#N. The third-order valence-corrected chi connectivity index (χ3v) is 7.81. The molecule has 35 heavy (non-hydrogen) atoms. The first-order valence-corrected chi connectivity index (χ1v) is 13.0. The molecule has 1 aliphatic heterocycles. The molecule has 0 saturated carbocycles. The number of piperidine rings is 1. The van der Waals surface area contributed by atoms with Crippen molar-refractivity contribution in [3.63, 3.8) is 0 Å². The third kappa shape index (κ3) is 6.32. The van der Waals surface area contributed by atoms with Gasteiger partial charge >= 0.3 is 0 Å². The first-order chi connectivity index (χ1) is 16.8. The van der Waals surface area contributed by atoms with Crippen molar-refractivity contribution in [2.75, 3.05) is 18.0 Å².